The maximum atomic E-state index is 13.7. The first-order valence-electron chi connectivity index (χ1n) is 7.78. The predicted molar refractivity (Wildman–Crippen MR) is 96.9 cm³/mol. The first-order valence-corrected chi connectivity index (χ1v) is 9.32. The second kappa shape index (κ2) is 8.45. The SMILES string of the molecule is O=C(CSCc1ccc(Cl)cc1F)NC[C@H]1COc2ccccc2O1. The molecule has 0 fully saturated rings. The molecule has 0 bridgehead atoms. The van der Waals surface area contributed by atoms with Gasteiger partial charge in [0, 0.05) is 10.8 Å². The average molecular weight is 382 g/mol. The number of ether oxygens (including phenoxy) is 2. The zero-order chi connectivity index (χ0) is 17.6. The van der Waals surface area contributed by atoms with E-state index in [1.165, 1.54) is 17.8 Å². The van der Waals surface area contributed by atoms with E-state index in [1.54, 1.807) is 12.1 Å². The van der Waals surface area contributed by atoms with Crippen molar-refractivity contribution < 1.29 is 18.7 Å². The number of hydrogen-bond donors (Lipinski definition) is 1. The van der Waals surface area contributed by atoms with Crippen LogP contribution in [0.3, 0.4) is 0 Å². The Balaban J connectivity index is 1.39. The summed E-state index contributed by atoms with van der Waals surface area (Å²) in [5, 5.41) is 3.17. The highest BCUT2D eigenvalue weighted by atomic mass is 35.5. The highest BCUT2D eigenvalue weighted by Gasteiger charge is 2.20. The minimum atomic E-state index is -0.355. The first-order chi connectivity index (χ1) is 12.1. The number of para-hydroxylation sites is 2. The van der Waals surface area contributed by atoms with Crippen LogP contribution in [0, 0.1) is 5.82 Å². The van der Waals surface area contributed by atoms with Crippen molar-refractivity contribution in [2.45, 2.75) is 11.9 Å². The number of nitrogens with one attached hydrogen (secondary N) is 1. The molecule has 1 N–H and O–H groups in total. The molecule has 1 amide bonds. The number of amides is 1. The Morgan fingerprint density at radius 1 is 1.28 bits per heavy atom. The molecular weight excluding hydrogens is 365 g/mol. The summed E-state index contributed by atoms with van der Waals surface area (Å²) in [7, 11) is 0. The first kappa shape index (κ1) is 17.9. The van der Waals surface area contributed by atoms with Crippen LogP contribution in [0.1, 0.15) is 5.56 Å². The predicted octanol–water partition coefficient (Wildman–Crippen LogP) is 3.67. The van der Waals surface area contributed by atoms with E-state index in [0.717, 1.165) is 0 Å². The van der Waals surface area contributed by atoms with Gasteiger partial charge in [-0.1, -0.05) is 29.8 Å². The minimum Gasteiger partial charge on any atom is -0.486 e. The van der Waals surface area contributed by atoms with Gasteiger partial charge in [0.1, 0.15) is 18.5 Å². The van der Waals surface area contributed by atoms with E-state index in [-0.39, 0.29) is 23.6 Å². The van der Waals surface area contributed by atoms with Gasteiger partial charge in [0.05, 0.1) is 12.3 Å². The highest BCUT2D eigenvalue weighted by Crippen LogP contribution is 2.30. The van der Waals surface area contributed by atoms with Crippen molar-refractivity contribution >= 4 is 29.3 Å². The summed E-state index contributed by atoms with van der Waals surface area (Å²) in [4.78, 5) is 11.9. The van der Waals surface area contributed by atoms with E-state index >= 15 is 0 Å². The van der Waals surface area contributed by atoms with Gasteiger partial charge in [-0.3, -0.25) is 4.79 Å². The lowest BCUT2D eigenvalue weighted by molar-refractivity contribution is -0.119. The average Bonchev–Trinajstić information content (AvgIpc) is 2.61. The molecule has 1 heterocycles. The van der Waals surface area contributed by atoms with E-state index in [0.29, 0.717) is 41.0 Å². The lowest BCUT2D eigenvalue weighted by Crippen LogP contribution is -2.41. The van der Waals surface area contributed by atoms with Crippen LogP contribution < -0.4 is 14.8 Å². The number of benzene rings is 2. The summed E-state index contributed by atoms with van der Waals surface area (Å²) < 4.78 is 25.0. The Hall–Kier alpha value is -1.92. The lowest BCUT2D eigenvalue weighted by atomic mass is 10.2. The number of hydrogen-bond acceptors (Lipinski definition) is 4. The molecule has 7 heteroatoms. The van der Waals surface area contributed by atoms with Gasteiger partial charge >= 0.3 is 0 Å². The number of halogens is 2. The molecule has 2 aromatic carbocycles. The van der Waals surface area contributed by atoms with Crippen LogP contribution in [0.5, 0.6) is 11.5 Å². The van der Waals surface area contributed by atoms with E-state index in [1.807, 2.05) is 24.3 Å². The Labute approximate surface area is 154 Å². The van der Waals surface area contributed by atoms with E-state index in [9.17, 15) is 9.18 Å². The minimum absolute atomic E-state index is 0.123. The molecule has 0 spiro atoms. The van der Waals surface area contributed by atoms with Gasteiger partial charge in [0.2, 0.25) is 5.91 Å². The van der Waals surface area contributed by atoms with Crippen molar-refractivity contribution in [3.63, 3.8) is 0 Å². The maximum absolute atomic E-state index is 13.7. The Kier molecular flexibility index (Phi) is 6.04. The summed E-state index contributed by atoms with van der Waals surface area (Å²) >= 11 is 7.06. The normalized spacial score (nSPS) is 15.7. The second-order valence-corrected chi connectivity index (χ2v) is 6.95. The van der Waals surface area contributed by atoms with Crippen molar-refractivity contribution in [2.24, 2.45) is 0 Å². The molecule has 132 valence electrons. The van der Waals surface area contributed by atoms with Crippen molar-refractivity contribution in [1.29, 1.82) is 0 Å². The molecule has 1 aliphatic rings. The third kappa shape index (κ3) is 5.03. The van der Waals surface area contributed by atoms with Crippen LogP contribution in [0.25, 0.3) is 0 Å². The van der Waals surface area contributed by atoms with Gasteiger partial charge in [0.25, 0.3) is 0 Å². The Bertz CT molecular complexity index is 759. The summed E-state index contributed by atoms with van der Waals surface area (Å²) in [5.74, 6) is 1.57. The lowest BCUT2D eigenvalue weighted by Gasteiger charge is -2.26. The van der Waals surface area contributed by atoms with Crippen LogP contribution in [0.4, 0.5) is 4.39 Å². The van der Waals surface area contributed by atoms with Crippen molar-refractivity contribution in [2.75, 3.05) is 18.9 Å². The fraction of sp³-hybridized carbons (Fsp3) is 0.278. The van der Waals surface area contributed by atoms with Crippen molar-refractivity contribution in [3.05, 3.63) is 58.9 Å². The summed E-state index contributed by atoms with van der Waals surface area (Å²) in [5.41, 5.74) is 0.530. The molecule has 0 unspecified atom stereocenters. The largest absolute Gasteiger partial charge is 0.486 e. The Morgan fingerprint density at radius 2 is 2.08 bits per heavy atom. The third-order valence-corrected chi connectivity index (χ3v) is 4.82. The smallest absolute Gasteiger partial charge is 0.230 e. The van der Waals surface area contributed by atoms with Crippen molar-refractivity contribution in [1.82, 2.24) is 5.32 Å². The van der Waals surface area contributed by atoms with Crippen molar-refractivity contribution in [3.8, 4) is 11.5 Å². The monoisotopic (exact) mass is 381 g/mol. The van der Waals surface area contributed by atoms with E-state index in [2.05, 4.69) is 5.32 Å². The standard InChI is InChI=1S/C18H17ClFNO3S/c19-13-6-5-12(15(20)7-13)10-25-11-18(22)21-8-14-9-23-16-3-1-2-4-17(16)24-14/h1-7,14H,8-11H2,(H,21,22)/t14-/m0/s1. The number of rotatable bonds is 6. The molecule has 1 atom stereocenters. The molecule has 0 saturated heterocycles. The molecule has 0 saturated carbocycles. The molecule has 4 nitrogen and oxygen atoms in total. The molecule has 0 radical (unpaired) electrons. The molecule has 0 aromatic heterocycles. The molecule has 3 rings (SSSR count). The van der Waals surface area contributed by atoms with Crippen LogP contribution in [0.2, 0.25) is 5.02 Å². The van der Waals surface area contributed by atoms with Gasteiger partial charge in [-0.15, -0.1) is 11.8 Å². The summed E-state index contributed by atoms with van der Waals surface area (Å²) in [6.07, 6.45) is -0.224. The van der Waals surface area contributed by atoms with Gasteiger partial charge < -0.3 is 14.8 Å². The number of thioether (sulfide) groups is 1. The van der Waals surface area contributed by atoms with Crippen LogP contribution in [0.15, 0.2) is 42.5 Å². The fourth-order valence-electron chi connectivity index (χ4n) is 2.33. The van der Waals surface area contributed by atoms with E-state index < -0.39 is 0 Å². The number of carbonyl (C=O) groups excluding carboxylic acids is 1. The van der Waals surface area contributed by atoms with Gasteiger partial charge in [-0.05, 0) is 29.8 Å². The fourth-order valence-corrected chi connectivity index (χ4v) is 3.34. The summed E-state index contributed by atoms with van der Waals surface area (Å²) in [6, 6.07) is 12.0. The quantitative estimate of drug-likeness (QED) is 0.829. The number of carbonyl (C=O) groups is 1. The zero-order valence-electron chi connectivity index (χ0n) is 13.3. The van der Waals surface area contributed by atoms with Crippen LogP contribution in [-0.2, 0) is 10.5 Å². The second-order valence-electron chi connectivity index (χ2n) is 5.53. The molecule has 1 aliphatic heterocycles. The number of fused-ring (bicyclic) bond motifs is 1. The molecule has 0 aliphatic carbocycles. The maximum Gasteiger partial charge on any atom is 0.230 e. The van der Waals surface area contributed by atoms with Gasteiger partial charge in [-0.2, -0.15) is 0 Å². The highest BCUT2D eigenvalue weighted by molar-refractivity contribution is 7.99. The van der Waals surface area contributed by atoms with Gasteiger partial charge in [0.15, 0.2) is 11.5 Å². The molecule has 2 aromatic rings. The van der Waals surface area contributed by atoms with E-state index in [4.69, 9.17) is 21.1 Å². The van der Waals surface area contributed by atoms with Crippen LogP contribution in [-0.4, -0.2) is 30.9 Å². The Morgan fingerprint density at radius 3 is 2.88 bits per heavy atom. The topological polar surface area (TPSA) is 47.6 Å². The third-order valence-electron chi connectivity index (χ3n) is 3.60. The summed E-state index contributed by atoms with van der Waals surface area (Å²) in [6.45, 7) is 0.753. The zero-order valence-corrected chi connectivity index (χ0v) is 14.9. The van der Waals surface area contributed by atoms with Gasteiger partial charge in [-0.25, -0.2) is 4.39 Å². The molecular formula is C18H17ClFNO3S. The molecule has 25 heavy (non-hydrogen) atoms. The van der Waals surface area contributed by atoms with Crippen LogP contribution >= 0.6 is 23.4 Å².